The summed E-state index contributed by atoms with van der Waals surface area (Å²) in [5.41, 5.74) is 1.81. The molecule has 2 aromatic carbocycles. The van der Waals surface area contributed by atoms with Gasteiger partial charge in [0.05, 0.1) is 10.6 Å². The Kier molecular flexibility index (Phi) is 6.26. The Balaban J connectivity index is 1.56. The number of nitro benzene ring substituents is 1. The second-order valence-electron chi connectivity index (χ2n) is 6.54. The van der Waals surface area contributed by atoms with Crippen molar-refractivity contribution >= 4 is 29.2 Å². The van der Waals surface area contributed by atoms with Gasteiger partial charge in [0.25, 0.3) is 17.5 Å². The summed E-state index contributed by atoms with van der Waals surface area (Å²) in [4.78, 5) is 47.6. The molecular weight excluding hydrogens is 394 g/mol. The minimum atomic E-state index is -0.825. The van der Waals surface area contributed by atoms with Gasteiger partial charge in [0.1, 0.15) is 12.3 Å². The Morgan fingerprint density at radius 3 is 2.77 bits per heavy atom. The Hall–Kier alpha value is -3.95. The third-order valence-corrected chi connectivity index (χ3v) is 4.49. The van der Waals surface area contributed by atoms with Crippen LogP contribution >= 0.6 is 0 Å². The normalized spacial score (nSPS) is 12.6. The number of ether oxygens (including phenoxy) is 2. The number of fused-ring (bicyclic) bond motifs is 1. The fourth-order valence-electron chi connectivity index (χ4n) is 2.85. The first-order valence-corrected chi connectivity index (χ1v) is 9.03. The van der Waals surface area contributed by atoms with E-state index in [0.717, 1.165) is 22.1 Å². The molecule has 1 heterocycles. The first-order valence-electron chi connectivity index (χ1n) is 9.03. The molecule has 0 atom stereocenters. The lowest BCUT2D eigenvalue weighted by Gasteiger charge is -2.28. The highest BCUT2D eigenvalue weighted by molar-refractivity contribution is 6.01. The Labute approximate surface area is 171 Å². The molecule has 0 saturated carbocycles. The van der Waals surface area contributed by atoms with E-state index in [0.29, 0.717) is 6.54 Å². The molecule has 30 heavy (non-hydrogen) atoms. The molecule has 0 bridgehead atoms. The number of carbonyl (C=O) groups is 3. The van der Waals surface area contributed by atoms with E-state index in [1.165, 1.54) is 12.1 Å². The van der Waals surface area contributed by atoms with Crippen LogP contribution in [0.4, 0.5) is 11.4 Å². The molecule has 2 amide bonds. The number of benzene rings is 2. The first kappa shape index (κ1) is 20.8. The molecule has 1 aliphatic rings. The van der Waals surface area contributed by atoms with Crippen LogP contribution in [0.3, 0.4) is 0 Å². The van der Waals surface area contributed by atoms with Gasteiger partial charge in [-0.3, -0.25) is 29.4 Å². The third-order valence-electron chi connectivity index (χ3n) is 4.49. The first-order chi connectivity index (χ1) is 14.3. The highest BCUT2D eigenvalue weighted by atomic mass is 16.6. The van der Waals surface area contributed by atoms with Crippen molar-refractivity contribution in [3.8, 4) is 5.75 Å². The van der Waals surface area contributed by atoms with Crippen molar-refractivity contribution in [2.75, 3.05) is 24.7 Å². The van der Waals surface area contributed by atoms with Crippen LogP contribution in [0.1, 0.15) is 11.1 Å². The zero-order chi connectivity index (χ0) is 21.7. The fourth-order valence-corrected chi connectivity index (χ4v) is 2.85. The van der Waals surface area contributed by atoms with Gasteiger partial charge in [-0.25, -0.2) is 0 Å². The van der Waals surface area contributed by atoms with Crippen molar-refractivity contribution in [3.63, 3.8) is 0 Å². The number of esters is 1. The molecule has 0 saturated heterocycles. The Morgan fingerprint density at radius 2 is 2.03 bits per heavy atom. The maximum atomic E-state index is 12.1. The van der Waals surface area contributed by atoms with Crippen LogP contribution in [-0.2, 0) is 25.7 Å². The number of nitrogens with one attached hydrogen (secondary N) is 1. The Bertz CT molecular complexity index is 1010. The average Bonchev–Trinajstić information content (AvgIpc) is 2.73. The molecule has 0 aliphatic carbocycles. The van der Waals surface area contributed by atoms with E-state index in [1.807, 2.05) is 31.2 Å². The molecular formula is C20H19N3O7. The zero-order valence-corrected chi connectivity index (χ0v) is 16.1. The molecule has 3 rings (SSSR count). The van der Waals surface area contributed by atoms with E-state index >= 15 is 0 Å². The highest BCUT2D eigenvalue weighted by Crippen LogP contribution is 2.35. The molecule has 0 aromatic heterocycles. The molecule has 156 valence electrons. The van der Waals surface area contributed by atoms with Crippen LogP contribution in [0.2, 0.25) is 0 Å². The monoisotopic (exact) mass is 413 g/mol. The number of amides is 2. The molecule has 1 aliphatic heterocycles. The van der Waals surface area contributed by atoms with Crippen molar-refractivity contribution in [2.24, 2.45) is 0 Å². The van der Waals surface area contributed by atoms with E-state index in [1.54, 1.807) is 0 Å². The lowest BCUT2D eigenvalue weighted by atomic mass is 10.1. The van der Waals surface area contributed by atoms with Crippen LogP contribution in [0, 0.1) is 17.0 Å². The van der Waals surface area contributed by atoms with E-state index < -0.39 is 35.9 Å². The van der Waals surface area contributed by atoms with Gasteiger partial charge in [-0.15, -0.1) is 0 Å². The fraction of sp³-hybridized carbons (Fsp3) is 0.250. The second kappa shape index (κ2) is 9.03. The van der Waals surface area contributed by atoms with Crippen molar-refractivity contribution in [2.45, 2.75) is 13.5 Å². The smallest absolute Gasteiger partial charge is 0.326 e. The number of non-ortho nitro benzene ring substituents is 1. The maximum Gasteiger partial charge on any atom is 0.326 e. The number of aryl methyl sites for hydroxylation is 1. The van der Waals surface area contributed by atoms with Crippen molar-refractivity contribution in [1.82, 2.24) is 5.32 Å². The minimum absolute atomic E-state index is 0.0985. The SMILES string of the molecule is Cc1ccccc1CNC(=O)COC(=O)CN1C(=O)COc2ccc([N+](=O)[O-])cc21. The van der Waals surface area contributed by atoms with E-state index in [4.69, 9.17) is 9.47 Å². The molecule has 10 heteroatoms. The number of hydrogen-bond donors (Lipinski definition) is 1. The van der Waals surface area contributed by atoms with Crippen LogP contribution in [0.25, 0.3) is 0 Å². The van der Waals surface area contributed by atoms with E-state index in [9.17, 15) is 24.5 Å². The lowest BCUT2D eigenvalue weighted by Crippen LogP contribution is -2.43. The van der Waals surface area contributed by atoms with Crippen LogP contribution < -0.4 is 15.0 Å². The largest absolute Gasteiger partial charge is 0.482 e. The second-order valence-corrected chi connectivity index (χ2v) is 6.54. The number of nitro groups is 1. The zero-order valence-electron chi connectivity index (χ0n) is 16.1. The van der Waals surface area contributed by atoms with Crippen LogP contribution in [-0.4, -0.2) is 42.5 Å². The van der Waals surface area contributed by atoms with E-state index in [2.05, 4.69) is 5.32 Å². The van der Waals surface area contributed by atoms with Gasteiger partial charge in [-0.2, -0.15) is 0 Å². The van der Waals surface area contributed by atoms with Crippen molar-refractivity contribution in [3.05, 3.63) is 63.7 Å². The number of carbonyl (C=O) groups excluding carboxylic acids is 3. The molecule has 0 radical (unpaired) electrons. The summed E-state index contributed by atoms with van der Waals surface area (Å²) < 4.78 is 10.2. The molecule has 2 aromatic rings. The number of nitrogens with zero attached hydrogens (tertiary/aromatic N) is 2. The summed E-state index contributed by atoms with van der Waals surface area (Å²) in [6, 6.07) is 11.3. The molecule has 0 fully saturated rings. The van der Waals surface area contributed by atoms with E-state index in [-0.39, 0.29) is 23.7 Å². The predicted octanol–water partition coefficient (Wildman–Crippen LogP) is 1.49. The summed E-state index contributed by atoms with van der Waals surface area (Å²) in [5.74, 6) is -1.63. The summed E-state index contributed by atoms with van der Waals surface area (Å²) in [5, 5.41) is 13.6. The van der Waals surface area contributed by atoms with Crippen LogP contribution in [0.15, 0.2) is 42.5 Å². The molecule has 10 nitrogen and oxygen atoms in total. The van der Waals surface area contributed by atoms with Crippen molar-refractivity contribution < 1.29 is 28.8 Å². The van der Waals surface area contributed by atoms with Gasteiger partial charge in [0, 0.05) is 18.7 Å². The average molecular weight is 413 g/mol. The predicted molar refractivity (Wildman–Crippen MR) is 105 cm³/mol. The van der Waals surface area contributed by atoms with Gasteiger partial charge in [0.15, 0.2) is 13.2 Å². The highest BCUT2D eigenvalue weighted by Gasteiger charge is 2.29. The summed E-state index contributed by atoms with van der Waals surface area (Å²) in [6.07, 6.45) is 0. The number of anilines is 1. The maximum absolute atomic E-state index is 12.1. The third kappa shape index (κ3) is 4.90. The quantitative estimate of drug-likeness (QED) is 0.414. The topological polar surface area (TPSA) is 128 Å². The lowest BCUT2D eigenvalue weighted by molar-refractivity contribution is -0.384. The van der Waals surface area contributed by atoms with Gasteiger partial charge in [-0.1, -0.05) is 24.3 Å². The Morgan fingerprint density at radius 1 is 1.27 bits per heavy atom. The van der Waals surface area contributed by atoms with Gasteiger partial charge >= 0.3 is 5.97 Å². The van der Waals surface area contributed by atoms with Crippen LogP contribution in [0.5, 0.6) is 5.75 Å². The number of hydrogen-bond acceptors (Lipinski definition) is 7. The summed E-state index contributed by atoms with van der Waals surface area (Å²) >= 11 is 0. The summed E-state index contributed by atoms with van der Waals surface area (Å²) in [6.45, 7) is 0.895. The minimum Gasteiger partial charge on any atom is -0.482 e. The number of rotatable bonds is 7. The van der Waals surface area contributed by atoms with Crippen molar-refractivity contribution in [1.29, 1.82) is 0 Å². The summed E-state index contributed by atoms with van der Waals surface area (Å²) in [7, 11) is 0. The molecule has 0 spiro atoms. The van der Waals surface area contributed by atoms with Gasteiger partial charge in [-0.05, 0) is 24.1 Å². The molecule has 0 unspecified atom stereocenters. The molecule has 1 N–H and O–H groups in total. The van der Waals surface area contributed by atoms with Gasteiger partial charge in [0.2, 0.25) is 0 Å². The standard InChI is InChI=1S/C20H19N3O7/c1-13-4-2-3-5-14(13)9-21-18(24)11-30-20(26)10-22-16-8-15(23(27)28)6-7-17(16)29-12-19(22)25/h2-8H,9-12H2,1H3,(H,21,24). The van der Waals surface area contributed by atoms with Gasteiger partial charge < -0.3 is 14.8 Å².